The number of halogens is 2. The van der Waals surface area contributed by atoms with Gasteiger partial charge in [0.15, 0.2) is 0 Å². The first-order valence-electron chi connectivity index (χ1n) is 7.68. The van der Waals surface area contributed by atoms with Gasteiger partial charge in [0.1, 0.15) is 5.75 Å². The van der Waals surface area contributed by atoms with Gasteiger partial charge >= 0.3 is 0 Å². The van der Waals surface area contributed by atoms with Crippen LogP contribution in [0.1, 0.15) is 30.9 Å². The maximum atomic E-state index is 9.76. The molecule has 2 rings (SSSR count). The van der Waals surface area contributed by atoms with Crippen LogP contribution >= 0.6 is 22.2 Å². The molecule has 0 heterocycles. The van der Waals surface area contributed by atoms with Crippen molar-refractivity contribution in [3.8, 4) is 16.9 Å². The number of phenols is 1. The van der Waals surface area contributed by atoms with Gasteiger partial charge in [-0.3, -0.25) is 0 Å². The molecule has 0 aliphatic heterocycles. The summed E-state index contributed by atoms with van der Waals surface area (Å²) in [4.78, 5) is 0. The van der Waals surface area contributed by atoms with E-state index in [1.54, 1.807) is 6.07 Å². The molecule has 4 heteroatoms. The first kappa shape index (κ1) is 17.4. The van der Waals surface area contributed by atoms with E-state index in [0.29, 0.717) is 5.75 Å². The van der Waals surface area contributed by atoms with Crippen LogP contribution in [0.15, 0.2) is 42.5 Å². The zero-order valence-corrected chi connectivity index (χ0v) is 15.3. The molecule has 0 aromatic heterocycles. The van der Waals surface area contributed by atoms with Gasteiger partial charge in [-0.1, -0.05) is 43.7 Å². The topological polar surface area (TPSA) is 20.2 Å². The molecular formula is C18H21Cl2OSi. The van der Waals surface area contributed by atoms with E-state index in [4.69, 9.17) is 22.2 Å². The molecule has 2 aromatic carbocycles. The third-order valence-corrected chi connectivity index (χ3v) is 5.57. The van der Waals surface area contributed by atoms with E-state index in [2.05, 4.69) is 31.2 Å². The van der Waals surface area contributed by atoms with Crippen LogP contribution < -0.4 is 0 Å². The number of benzene rings is 2. The Balaban J connectivity index is 2.21. The fraction of sp³-hybridized carbons (Fsp3) is 0.333. The molecule has 1 N–H and O–H groups in total. The molecule has 0 unspecified atom stereocenters. The van der Waals surface area contributed by atoms with Crippen molar-refractivity contribution in [1.29, 1.82) is 0 Å². The third kappa shape index (κ3) is 5.05. The van der Waals surface area contributed by atoms with E-state index in [0.717, 1.165) is 37.3 Å². The van der Waals surface area contributed by atoms with Gasteiger partial charge in [-0.15, -0.1) is 22.2 Å². The maximum absolute atomic E-state index is 9.76. The zero-order valence-electron chi connectivity index (χ0n) is 12.8. The lowest BCUT2D eigenvalue weighted by molar-refractivity contribution is 0.474. The van der Waals surface area contributed by atoms with Gasteiger partial charge in [0.2, 0.25) is 0 Å². The summed E-state index contributed by atoms with van der Waals surface area (Å²) in [5.74, 6) is 0.309. The average Bonchev–Trinajstić information content (AvgIpc) is 2.48. The molecule has 1 radical (unpaired) electrons. The lowest BCUT2D eigenvalue weighted by Gasteiger charge is -2.11. The Bertz CT molecular complexity index is 597. The van der Waals surface area contributed by atoms with Crippen LogP contribution in [-0.4, -0.2) is 12.5 Å². The summed E-state index contributed by atoms with van der Waals surface area (Å²) in [6.07, 6.45) is 4.10. The summed E-state index contributed by atoms with van der Waals surface area (Å²) in [7, 11) is -1.22. The molecule has 0 saturated carbocycles. The standard InChI is InChI=1S/C18H21Cl2OSi/c1-2-4-14-6-8-15(9-7-14)18-11-10-17(21)13-16(18)5-3-12-22(19)20/h6-11,13,21H,2-5,12H2,1H3. The number of phenolic OH excluding ortho intramolecular Hbond substituents is 1. The van der Waals surface area contributed by atoms with E-state index in [1.807, 2.05) is 12.1 Å². The van der Waals surface area contributed by atoms with Crippen molar-refractivity contribution in [2.45, 2.75) is 38.7 Å². The highest BCUT2D eigenvalue weighted by Crippen LogP contribution is 2.29. The SMILES string of the molecule is CCCc1ccc(-c2ccc(O)cc2CCC[Si](Cl)Cl)cc1. The molecule has 0 atom stereocenters. The molecule has 1 nitrogen and oxygen atoms in total. The fourth-order valence-electron chi connectivity index (χ4n) is 2.62. The maximum Gasteiger partial charge on any atom is 0.273 e. The first-order valence-corrected chi connectivity index (χ1v) is 11.4. The molecule has 117 valence electrons. The summed E-state index contributed by atoms with van der Waals surface area (Å²) < 4.78 is 0. The quantitative estimate of drug-likeness (QED) is 0.485. The minimum atomic E-state index is -1.22. The fourth-order valence-corrected chi connectivity index (χ4v) is 3.87. The van der Waals surface area contributed by atoms with Crippen LogP contribution in [0, 0.1) is 0 Å². The molecule has 0 amide bonds. The van der Waals surface area contributed by atoms with Gasteiger partial charge in [0.05, 0.1) is 0 Å². The number of aromatic hydroxyl groups is 1. The number of hydrogen-bond acceptors (Lipinski definition) is 1. The van der Waals surface area contributed by atoms with E-state index in [9.17, 15) is 5.11 Å². The van der Waals surface area contributed by atoms with Crippen molar-refractivity contribution in [3.05, 3.63) is 53.6 Å². The predicted octanol–water partition coefficient (Wildman–Crippen LogP) is 5.91. The summed E-state index contributed by atoms with van der Waals surface area (Å²) >= 11 is 11.8. The first-order chi connectivity index (χ1) is 10.6. The van der Waals surface area contributed by atoms with Gasteiger partial charge in [-0.2, -0.15) is 0 Å². The van der Waals surface area contributed by atoms with Crippen LogP contribution in [0.25, 0.3) is 11.1 Å². The summed E-state index contributed by atoms with van der Waals surface area (Å²) in [5.41, 5.74) is 4.89. The second-order valence-corrected chi connectivity index (χ2v) is 9.98. The monoisotopic (exact) mass is 351 g/mol. The minimum Gasteiger partial charge on any atom is -0.508 e. The zero-order chi connectivity index (χ0) is 15.9. The number of rotatable bonds is 7. The second-order valence-electron chi connectivity index (χ2n) is 5.48. The van der Waals surface area contributed by atoms with Crippen LogP contribution in [-0.2, 0) is 12.8 Å². The van der Waals surface area contributed by atoms with Gasteiger partial charge < -0.3 is 5.11 Å². The van der Waals surface area contributed by atoms with Gasteiger partial charge in [-0.05, 0) is 59.7 Å². The molecule has 0 fully saturated rings. The number of aryl methyl sites for hydroxylation is 2. The highest BCUT2D eigenvalue weighted by molar-refractivity contribution is 7.33. The number of hydrogen-bond donors (Lipinski definition) is 1. The molecule has 0 spiro atoms. The van der Waals surface area contributed by atoms with Crippen LogP contribution in [0.3, 0.4) is 0 Å². The Morgan fingerprint density at radius 1 is 1.00 bits per heavy atom. The molecule has 0 saturated heterocycles. The van der Waals surface area contributed by atoms with Crippen molar-refractivity contribution in [3.63, 3.8) is 0 Å². The molecule has 0 aliphatic carbocycles. The Kier molecular flexibility index (Phi) is 6.81. The largest absolute Gasteiger partial charge is 0.508 e. The van der Waals surface area contributed by atoms with Gasteiger partial charge in [0.25, 0.3) is 7.42 Å². The molecule has 0 aliphatic rings. The Morgan fingerprint density at radius 2 is 1.73 bits per heavy atom. The minimum absolute atomic E-state index is 0.309. The summed E-state index contributed by atoms with van der Waals surface area (Å²) in [6, 6.07) is 15.2. The Morgan fingerprint density at radius 3 is 2.36 bits per heavy atom. The molecular weight excluding hydrogens is 331 g/mol. The lowest BCUT2D eigenvalue weighted by Crippen LogP contribution is -1.96. The van der Waals surface area contributed by atoms with Crippen LogP contribution in [0.4, 0.5) is 0 Å². The second kappa shape index (κ2) is 8.61. The van der Waals surface area contributed by atoms with E-state index >= 15 is 0 Å². The van der Waals surface area contributed by atoms with Crippen molar-refractivity contribution >= 4 is 29.6 Å². The highest BCUT2D eigenvalue weighted by atomic mass is 35.7. The molecule has 0 bridgehead atoms. The van der Waals surface area contributed by atoms with Crippen molar-refractivity contribution in [2.75, 3.05) is 0 Å². The van der Waals surface area contributed by atoms with Gasteiger partial charge in [-0.25, -0.2) is 0 Å². The smallest absolute Gasteiger partial charge is 0.273 e. The van der Waals surface area contributed by atoms with Crippen LogP contribution in [0.2, 0.25) is 6.04 Å². The van der Waals surface area contributed by atoms with Crippen molar-refractivity contribution < 1.29 is 5.11 Å². The summed E-state index contributed by atoms with van der Waals surface area (Å²) in [5, 5.41) is 9.76. The lowest BCUT2D eigenvalue weighted by atomic mass is 9.95. The average molecular weight is 352 g/mol. The van der Waals surface area contributed by atoms with Crippen molar-refractivity contribution in [2.24, 2.45) is 0 Å². The van der Waals surface area contributed by atoms with Crippen molar-refractivity contribution in [1.82, 2.24) is 0 Å². The predicted molar refractivity (Wildman–Crippen MR) is 98.1 cm³/mol. The Labute approximate surface area is 143 Å². The summed E-state index contributed by atoms with van der Waals surface area (Å²) in [6.45, 7) is 2.19. The van der Waals surface area contributed by atoms with Crippen LogP contribution in [0.5, 0.6) is 5.75 Å². The van der Waals surface area contributed by atoms with E-state index in [1.165, 1.54) is 16.7 Å². The molecule has 22 heavy (non-hydrogen) atoms. The van der Waals surface area contributed by atoms with Gasteiger partial charge in [0, 0.05) is 0 Å². The van der Waals surface area contributed by atoms with E-state index in [-0.39, 0.29) is 0 Å². The normalized spacial score (nSPS) is 11.1. The molecule has 2 aromatic rings. The third-order valence-electron chi connectivity index (χ3n) is 3.70. The Hall–Kier alpha value is -0.963. The highest BCUT2D eigenvalue weighted by Gasteiger charge is 2.09. The van der Waals surface area contributed by atoms with E-state index < -0.39 is 7.42 Å².